The molecular weight excluding hydrogens is 342 g/mol. The summed E-state index contributed by atoms with van der Waals surface area (Å²) in [6.45, 7) is 3.27. The van der Waals surface area contributed by atoms with Crippen molar-refractivity contribution >= 4 is 34.3 Å². The van der Waals surface area contributed by atoms with Crippen LogP contribution in [-0.4, -0.2) is 34.8 Å². The number of fused-ring (bicyclic) bond motifs is 1. The van der Waals surface area contributed by atoms with E-state index < -0.39 is 0 Å². The largest absolute Gasteiger partial charge is 0.383 e. The molecule has 25 heavy (non-hydrogen) atoms. The van der Waals surface area contributed by atoms with Gasteiger partial charge in [0.25, 0.3) is 5.91 Å². The van der Waals surface area contributed by atoms with E-state index >= 15 is 0 Å². The Morgan fingerprint density at radius 3 is 2.72 bits per heavy atom. The van der Waals surface area contributed by atoms with E-state index in [1.54, 1.807) is 7.05 Å². The SMILES string of the molecule is CCn1c(CNC(=O)/C(CNC)=N/C(Cl)=C(N)N)nc2ccccc21. The van der Waals surface area contributed by atoms with E-state index in [2.05, 4.69) is 25.2 Å². The van der Waals surface area contributed by atoms with E-state index in [1.807, 2.05) is 31.2 Å². The van der Waals surface area contributed by atoms with Gasteiger partial charge < -0.3 is 26.7 Å². The summed E-state index contributed by atoms with van der Waals surface area (Å²) in [7, 11) is 1.70. The number of nitrogens with one attached hydrogen (secondary N) is 2. The van der Waals surface area contributed by atoms with Gasteiger partial charge in [-0.25, -0.2) is 9.98 Å². The highest BCUT2D eigenvalue weighted by Gasteiger charge is 2.14. The van der Waals surface area contributed by atoms with Crippen molar-refractivity contribution in [2.45, 2.75) is 20.0 Å². The van der Waals surface area contributed by atoms with Gasteiger partial charge in [0.15, 0.2) is 5.16 Å². The van der Waals surface area contributed by atoms with Crippen LogP contribution in [-0.2, 0) is 17.9 Å². The van der Waals surface area contributed by atoms with E-state index in [-0.39, 0.29) is 35.7 Å². The van der Waals surface area contributed by atoms with Gasteiger partial charge in [-0.2, -0.15) is 0 Å². The zero-order valence-electron chi connectivity index (χ0n) is 14.2. The smallest absolute Gasteiger partial charge is 0.267 e. The number of aromatic nitrogens is 2. The lowest BCUT2D eigenvalue weighted by molar-refractivity contribution is -0.115. The first kappa shape index (κ1) is 18.8. The first-order valence-corrected chi connectivity index (χ1v) is 8.20. The molecule has 0 saturated heterocycles. The summed E-state index contributed by atoms with van der Waals surface area (Å²) in [5, 5.41) is 5.56. The number of nitrogens with two attached hydrogens (primary N) is 2. The summed E-state index contributed by atoms with van der Waals surface area (Å²) in [6, 6.07) is 7.83. The number of hydrogen-bond donors (Lipinski definition) is 4. The highest BCUT2D eigenvalue weighted by molar-refractivity contribution is 6.41. The molecule has 0 spiro atoms. The topological polar surface area (TPSA) is 123 Å². The number of nitrogens with zero attached hydrogens (tertiary/aromatic N) is 3. The second kappa shape index (κ2) is 8.50. The fraction of sp³-hybridized carbons (Fsp3) is 0.312. The Kier molecular flexibility index (Phi) is 6.37. The van der Waals surface area contributed by atoms with Crippen molar-refractivity contribution in [2.75, 3.05) is 13.6 Å². The van der Waals surface area contributed by atoms with Crippen molar-refractivity contribution in [3.8, 4) is 0 Å². The Hall–Kier alpha value is -2.58. The monoisotopic (exact) mass is 363 g/mol. The van der Waals surface area contributed by atoms with Crippen molar-refractivity contribution in [2.24, 2.45) is 16.5 Å². The molecule has 1 heterocycles. The second-order valence-electron chi connectivity index (χ2n) is 5.28. The maximum atomic E-state index is 12.4. The lowest BCUT2D eigenvalue weighted by Crippen LogP contribution is -2.37. The molecule has 0 saturated carbocycles. The van der Waals surface area contributed by atoms with Crippen LogP contribution in [0.15, 0.2) is 40.2 Å². The minimum atomic E-state index is -0.372. The van der Waals surface area contributed by atoms with Crippen molar-refractivity contribution < 1.29 is 4.79 Å². The molecule has 0 atom stereocenters. The number of aliphatic imine (C=N–C) groups is 1. The molecule has 1 aromatic carbocycles. The molecular formula is C16H22ClN7O. The van der Waals surface area contributed by atoms with Gasteiger partial charge in [-0.05, 0) is 26.1 Å². The zero-order valence-corrected chi connectivity index (χ0v) is 15.0. The summed E-state index contributed by atoms with van der Waals surface area (Å²) >= 11 is 5.83. The molecule has 1 amide bonds. The number of carbonyl (C=O) groups is 1. The highest BCUT2D eigenvalue weighted by atomic mass is 35.5. The fourth-order valence-corrected chi connectivity index (χ4v) is 2.50. The zero-order chi connectivity index (χ0) is 18.4. The third-order valence-electron chi connectivity index (χ3n) is 3.53. The summed E-state index contributed by atoms with van der Waals surface area (Å²) in [5.74, 6) is 0.250. The van der Waals surface area contributed by atoms with Crippen molar-refractivity contribution in [3.63, 3.8) is 0 Å². The van der Waals surface area contributed by atoms with Crippen LogP contribution in [0.2, 0.25) is 0 Å². The first-order chi connectivity index (χ1) is 12.0. The van der Waals surface area contributed by atoms with Gasteiger partial charge in [0, 0.05) is 13.1 Å². The summed E-state index contributed by atoms with van der Waals surface area (Å²) in [5.41, 5.74) is 12.9. The number of aryl methyl sites for hydroxylation is 1. The number of imidazole rings is 1. The van der Waals surface area contributed by atoms with Gasteiger partial charge in [-0.15, -0.1) is 0 Å². The number of hydrogen-bond acceptors (Lipinski definition) is 6. The van der Waals surface area contributed by atoms with E-state index in [9.17, 15) is 4.79 Å². The molecule has 8 nitrogen and oxygen atoms in total. The third kappa shape index (κ3) is 4.49. The van der Waals surface area contributed by atoms with Crippen LogP contribution in [0.4, 0.5) is 0 Å². The van der Waals surface area contributed by atoms with E-state index in [0.29, 0.717) is 0 Å². The predicted molar refractivity (Wildman–Crippen MR) is 99.9 cm³/mol. The number of carbonyl (C=O) groups excluding carboxylic acids is 1. The molecule has 2 rings (SSSR count). The quantitative estimate of drug-likeness (QED) is 0.424. The standard InChI is InChI=1S/C16H22ClN7O/c1-3-24-12-7-5-4-6-10(12)22-13(24)9-21-16(25)11(8-20-2)23-14(17)15(18)19/h4-7,20H,3,8-9,18-19H2,1-2H3,(H,21,25)/b23-11+. The number of amides is 1. The Balaban J connectivity index is 2.19. The molecule has 0 aliphatic heterocycles. The van der Waals surface area contributed by atoms with E-state index in [1.165, 1.54) is 0 Å². The minimum Gasteiger partial charge on any atom is -0.383 e. The highest BCUT2D eigenvalue weighted by Crippen LogP contribution is 2.15. The molecule has 0 fully saturated rings. The van der Waals surface area contributed by atoms with Gasteiger partial charge in [-0.3, -0.25) is 4.79 Å². The number of para-hydroxylation sites is 2. The van der Waals surface area contributed by atoms with Crippen LogP contribution in [0.5, 0.6) is 0 Å². The Labute approximate surface area is 150 Å². The molecule has 0 bridgehead atoms. The van der Waals surface area contributed by atoms with Gasteiger partial charge in [-0.1, -0.05) is 23.7 Å². The molecule has 0 aliphatic rings. The van der Waals surface area contributed by atoms with Crippen LogP contribution >= 0.6 is 11.6 Å². The van der Waals surface area contributed by atoms with Crippen LogP contribution in [0.3, 0.4) is 0 Å². The van der Waals surface area contributed by atoms with Crippen LogP contribution in [0.25, 0.3) is 11.0 Å². The normalized spacial score (nSPS) is 11.6. The molecule has 6 N–H and O–H groups in total. The fourth-order valence-electron chi connectivity index (χ4n) is 2.40. The minimum absolute atomic E-state index is 0.110. The molecule has 0 radical (unpaired) electrons. The molecule has 0 aliphatic carbocycles. The average molecular weight is 364 g/mol. The van der Waals surface area contributed by atoms with Crippen LogP contribution in [0, 0.1) is 0 Å². The van der Waals surface area contributed by atoms with Gasteiger partial charge in [0.2, 0.25) is 0 Å². The Bertz CT molecular complexity index is 821. The maximum absolute atomic E-state index is 12.4. The predicted octanol–water partition coefficient (Wildman–Crippen LogP) is 0.616. The van der Waals surface area contributed by atoms with Crippen LogP contribution < -0.4 is 22.1 Å². The number of benzene rings is 1. The number of halogens is 1. The van der Waals surface area contributed by atoms with Crippen molar-refractivity contribution in [1.29, 1.82) is 0 Å². The second-order valence-corrected chi connectivity index (χ2v) is 5.64. The summed E-state index contributed by atoms with van der Waals surface area (Å²) in [4.78, 5) is 20.9. The third-order valence-corrected chi connectivity index (χ3v) is 3.84. The number of rotatable bonds is 7. The van der Waals surface area contributed by atoms with Crippen molar-refractivity contribution in [1.82, 2.24) is 20.2 Å². The van der Waals surface area contributed by atoms with Gasteiger partial charge >= 0.3 is 0 Å². The Morgan fingerprint density at radius 1 is 1.36 bits per heavy atom. The molecule has 1 aromatic heterocycles. The molecule has 2 aromatic rings. The lowest BCUT2D eigenvalue weighted by Gasteiger charge is -2.09. The Morgan fingerprint density at radius 2 is 2.08 bits per heavy atom. The van der Waals surface area contributed by atoms with E-state index in [0.717, 1.165) is 23.4 Å². The van der Waals surface area contributed by atoms with Gasteiger partial charge in [0.1, 0.15) is 17.4 Å². The van der Waals surface area contributed by atoms with Crippen LogP contribution in [0.1, 0.15) is 12.7 Å². The molecule has 9 heteroatoms. The molecule has 0 unspecified atom stereocenters. The summed E-state index contributed by atoms with van der Waals surface area (Å²) in [6.07, 6.45) is 0. The molecule has 134 valence electrons. The lowest BCUT2D eigenvalue weighted by atomic mass is 10.3. The average Bonchev–Trinajstić information content (AvgIpc) is 2.96. The summed E-state index contributed by atoms with van der Waals surface area (Å²) < 4.78 is 2.05. The van der Waals surface area contributed by atoms with Gasteiger partial charge in [0.05, 0.1) is 17.6 Å². The van der Waals surface area contributed by atoms with E-state index in [4.69, 9.17) is 23.1 Å². The first-order valence-electron chi connectivity index (χ1n) is 7.83. The maximum Gasteiger partial charge on any atom is 0.267 e. The van der Waals surface area contributed by atoms with Crippen molar-refractivity contribution in [3.05, 3.63) is 41.1 Å².